The molecule has 0 radical (unpaired) electrons. The number of carbonyl (C=O) groups excluding carboxylic acids is 1. The minimum absolute atomic E-state index is 0.00117. The molecule has 1 fully saturated rings. The van der Waals surface area contributed by atoms with Gasteiger partial charge >= 0.3 is 0 Å². The van der Waals surface area contributed by atoms with Crippen molar-refractivity contribution < 1.29 is 14.1 Å². The Hall–Kier alpha value is -3.07. The van der Waals surface area contributed by atoms with Crippen LogP contribution in [0.4, 0.5) is 0 Å². The van der Waals surface area contributed by atoms with E-state index in [0.717, 1.165) is 5.69 Å². The van der Waals surface area contributed by atoms with E-state index >= 15 is 0 Å². The van der Waals surface area contributed by atoms with Crippen LogP contribution in [0.5, 0.6) is 0 Å². The van der Waals surface area contributed by atoms with Crippen molar-refractivity contribution in [3.8, 4) is 17.2 Å². The number of hydrogen-bond donors (Lipinski definition) is 0. The van der Waals surface area contributed by atoms with Crippen molar-refractivity contribution in [2.75, 3.05) is 19.7 Å². The summed E-state index contributed by atoms with van der Waals surface area (Å²) in [6, 6.07) is 5.51. The molecular formula is C16H16N6O3. The first-order valence-corrected chi connectivity index (χ1v) is 7.88. The molecule has 3 aromatic rings. The van der Waals surface area contributed by atoms with E-state index in [-0.39, 0.29) is 5.91 Å². The number of hydrogen-bond acceptors (Lipinski definition) is 7. The maximum Gasteiger partial charge on any atom is 0.257 e. The van der Waals surface area contributed by atoms with Gasteiger partial charge < -0.3 is 14.2 Å². The van der Waals surface area contributed by atoms with E-state index in [9.17, 15) is 4.79 Å². The van der Waals surface area contributed by atoms with Crippen molar-refractivity contribution in [3.05, 3.63) is 42.7 Å². The smallest absolute Gasteiger partial charge is 0.257 e. The summed E-state index contributed by atoms with van der Waals surface area (Å²) in [6.07, 6.45) is 4.73. The molecular weight excluding hydrogens is 324 g/mol. The first-order valence-electron chi connectivity index (χ1n) is 7.88. The molecule has 0 aliphatic carbocycles. The summed E-state index contributed by atoms with van der Waals surface area (Å²) < 4.78 is 12.7. The van der Waals surface area contributed by atoms with Gasteiger partial charge in [-0.2, -0.15) is 10.1 Å². The van der Waals surface area contributed by atoms with Crippen molar-refractivity contribution in [2.24, 2.45) is 0 Å². The molecule has 0 aromatic carbocycles. The molecule has 0 bridgehead atoms. The highest BCUT2D eigenvalue weighted by atomic mass is 16.5. The third kappa shape index (κ3) is 3.01. The molecule has 4 heterocycles. The molecule has 9 heteroatoms. The highest BCUT2D eigenvalue weighted by Crippen LogP contribution is 2.25. The number of amides is 1. The fourth-order valence-electron chi connectivity index (χ4n) is 2.71. The molecule has 4 rings (SSSR count). The molecule has 1 unspecified atom stereocenters. The van der Waals surface area contributed by atoms with Crippen LogP contribution in [-0.4, -0.2) is 55.4 Å². The second kappa shape index (κ2) is 6.44. The van der Waals surface area contributed by atoms with Crippen LogP contribution in [0.1, 0.15) is 18.9 Å². The van der Waals surface area contributed by atoms with Crippen LogP contribution in [0, 0.1) is 0 Å². The SMILES string of the molecule is CC(=O)N1CCOC(c2nc(-c3ncccc3-n3cccn3)no2)C1. The van der Waals surface area contributed by atoms with Crippen molar-refractivity contribution in [1.82, 2.24) is 29.8 Å². The van der Waals surface area contributed by atoms with E-state index < -0.39 is 6.10 Å². The van der Waals surface area contributed by atoms with Gasteiger partial charge in [0, 0.05) is 32.1 Å². The summed E-state index contributed by atoms with van der Waals surface area (Å²) in [6.45, 7) is 2.93. The van der Waals surface area contributed by atoms with Crippen LogP contribution in [0.15, 0.2) is 41.3 Å². The number of pyridine rings is 1. The fraction of sp³-hybridized carbons (Fsp3) is 0.312. The molecule has 0 N–H and O–H groups in total. The zero-order chi connectivity index (χ0) is 17.2. The summed E-state index contributed by atoms with van der Waals surface area (Å²) in [7, 11) is 0. The van der Waals surface area contributed by atoms with Gasteiger partial charge in [-0.1, -0.05) is 5.16 Å². The predicted molar refractivity (Wildman–Crippen MR) is 85.6 cm³/mol. The standard InChI is InChI=1S/C16H16N6O3/c1-11(23)21-8-9-24-13(10-21)16-19-15(20-25-16)14-12(4-2-5-17-14)22-7-3-6-18-22/h2-7,13H,8-10H2,1H3. The van der Waals surface area contributed by atoms with Crippen LogP contribution in [0.3, 0.4) is 0 Å². The van der Waals surface area contributed by atoms with Crippen LogP contribution in [0.2, 0.25) is 0 Å². The summed E-state index contributed by atoms with van der Waals surface area (Å²) in [4.78, 5) is 22.0. The Morgan fingerprint density at radius 2 is 2.24 bits per heavy atom. The molecule has 1 aliphatic heterocycles. The summed E-state index contributed by atoms with van der Waals surface area (Å²) in [5.41, 5.74) is 1.30. The number of nitrogens with zero attached hydrogens (tertiary/aromatic N) is 6. The lowest BCUT2D eigenvalue weighted by Gasteiger charge is -2.30. The quantitative estimate of drug-likeness (QED) is 0.707. The molecule has 25 heavy (non-hydrogen) atoms. The Balaban J connectivity index is 1.63. The normalized spacial score (nSPS) is 17.6. The van der Waals surface area contributed by atoms with E-state index in [0.29, 0.717) is 37.1 Å². The molecule has 1 amide bonds. The van der Waals surface area contributed by atoms with Crippen molar-refractivity contribution >= 4 is 5.91 Å². The second-order valence-electron chi connectivity index (χ2n) is 5.60. The van der Waals surface area contributed by atoms with Crippen LogP contribution < -0.4 is 0 Å². The maximum absolute atomic E-state index is 11.6. The van der Waals surface area contributed by atoms with E-state index in [1.54, 1.807) is 22.0 Å². The van der Waals surface area contributed by atoms with E-state index in [1.165, 1.54) is 6.92 Å². The predicted octanol–water partition coefficient (Wildman–Crippen LogP) is 1.24. The van der Waals surface area contributed by atoms with Crippen LogP contribution in [0.25, 0.3) is 17.2 Å². The fourth-order valence-corrected chi connectivity index (χ4v) is 2.71. The lowest BCUT2D eigenvalue weighted by molar-refractivity contribution is -0.137. The minimum atomic E-state index is -0.434. The molecule has 1 atom stereocenters. The van der Waals surface area contributed by atoms with Gasteiger partial charge in [0.15, 0.2) is 6.10 Å². The average Bonchev–Trinajstić information content (AvgIpc) is 3.34. The van der Waals surface area contributed by atoms with E-state index in [4.69, 9.17) is 9.26 Å². The molecule has 0 saturated carbocycles. The van der Waals surface area contributed by atoms with E-state index in [2.05, 4.69) is 20.2 Å². The van der Waals surface area contributed by atoms with Gasteiger partial charge in [-0.3, -0.25) is 9.78 Å². The molecule has 1 aliphatic rings. The third-order valence-electron chi connectivity index (χ3n) is 3.98. The molecule has 128 valence electrons. The molecule has 3 aromatic heterocycles. The number of ether oxygens (including phenoxy) is 1. The van der Waals surface area contributed by atoms with Gasteiger partial charge in [-0.05, 0) is 18.2 Å². The summed E-state index contributed by atoms with van der Waals surface area (Å²) >= 11 is 0. The van der Waals surface area contributed by atoms with Crippen molar-refractivity contribution in [3.63, 3.8) is 0 Å². The van der Waals surface area contributed by atoms with E-state index in [1.807, 2.05) is 24.4 Å². The van der Waals surface area contributed by atoms with Gasteiger partial charge in [0.25, 0.3) is 5.89 Å². The number of morpholine rings is 1. The summed E-state index contributed by atoms with van der Waals surface area (Å²) in [5.74, 6) is 0.682. The van der Waals surface area contributed by atoms with Crippen molar-refractivity contribution in [2.45, 2.75) is 13.0 Å². The number of aromatic nitrogens is 5. The lowest BCUT2D eigenvalue weighted by atomic mass is 10.2. The Labute approximate surface area is 143 Å². The first kappa shape index (κ1) is 15.5. The topological polar surface area (TPSA) is 99.2 Å². The number of carbonyl (C=O) groups is 1. The number of rotatable bonds is 3. The van der Waals surface area contributed by atoms with Crippen LogP contribution >= 0.6 is 0 Å². The Kier molecular flexibility index (Phi) is 3.98. The highest BCUT2D eigenvalue weighted by molar-refractivity contribution is 5.73. The van der Waals surface area contributed by atoms with Gasteiger partial charge in [-0.15, -0.1) is 0 Å². The lowest BCUT2D eigenvalue weighted by Crippen LogP contribution is -2.41. The summed E-state index contributed by atoms with van der Waals surface area (Å²) in [5, 5.41) is 8.25. The molecule has 9 nitrogen and oxygen atoms in total. The third-order valence-corrected chi connectivity index (χ3v) is 3.98. The van der Waals surface area contributed by atoms with Gasteiger partial charge in [0.05, 0.1) is 18.8 Å². The van der Waals surface area contributed by atoms with Crippen molar-refractivity contribution in [1.29, 1.82) is 0 Å². The monoisotopic (exact) mass is 340 g/mol. The van der Waals surface area contributed by atoms with Gasteiger partial charge in [0.2, 0.25) is 11.7 Å². The largest absolute Gasteiger partial charge is 0.365 e. The second-order valence-corrected chi connectivity index (χ2v) is 5.60. The molecule has 1 saturated heterocycles. The first-order chi connectivity index (χ1) is 12.2. The minimum Gasteiger partial charge on any atom is -0.365 e. The zero-order valence-electron chi connectivity index (χ0n) is 13.6. The Bertz CT molecular complexity index is 876. The zero-order valence-corrected chi connectivity index (χ0v) is 13.6. The maximum atomic E-state index is 11.6. The Morgan fingerprint density at radius 3 is 3.04 bits per heavy atom. The Morgan fingerprint density at radius 1 is 1.32 bits per heavy atom. The average molecular weight is 340 g/mol. The molecule has 0 spiro atoms. The highest BCUT2D eigenvalue weighted by Gasteiger charge is 2.28. The van der Waals surface area contributed by atoms with Crippen LogP contribution in [-0.2, 0) is 9.53 Å². The van der Waals surface area contributed by atoms with Gasteiger partial charge in [-0.25, -0.2) is 4.68 Å². The van der Waals surface area contributed by atoms with Gasteiger partial charge in [0.1, 0.15) is 5.69 Å².